The average Bonchev–Trinajstić information content (AvgIpc) is 2.15. The van der Waals surface area contributed by atoms with Crippen LogP contribution >= 0.6 is 11.8 Å². The minimum absolute atomic E-state index is 1.24. The molecule has 0 radical (unpaired) electrons. The van der Waals surface area contributed by atoms with Gasteiger partial charge in [-0.15, -0.1) is 11.8 Å². The van der Waals surface area contributed by atoms with Gasteiger partial charge in [-0.05, 0) is 12.8 Å². The quantitative estimate of drug-likeness (QED) is 0.477. The topological polar surface area (TPSA) is 0 Å². The Bertz CT molecular complexity index is 165. The van der Waals surface area contributed by atoms with E-state index in [0.29, 0.717) is 0 Å². The molecule has 1 heterocycles. The molecular weight excluding hydrogens is 116 g/mol. The molecule has 0 aromatic heterocycles. The van der Waals surface area contributed by atoms with Crippen molar-refractivity contribution in [2.45, 2.75) is 12.8 Å². The van der Waals surface area contributed by atoms with E-state index < -0.39 is 0 Å². The zero-order chi connectivity index (χ0) is 5.40. The molecule has 1 aliphatic carbocycles. The first-order valence-corrected chi connectivity index (χ1v) is 3.97. The highest BCUT2D eigenvalue weighted by Crippen LogP contribution is 2.37. The van der Waals surface area contributed by atoms with Crippen molar-refractivity contribution in [3.8, 4) is 0 Å². The number of hydrogen-bond acceptors (Lipinski definition) is 1. The molecule has 2 rings (SSSR count). The maximum Gasteiger partial charge on any atom is 0.00644 e. The lowest BCUT2D eigenvalue weighted by molar-refractivity contribution is 1.08. The van der Waals surface area contributed by atoms with E-state index in [1.165, 1.54) is 18.6 Å². The molecule has 0 unspecified atom stereocenters. The maximum absolute atomic E-state index is 2.26. The summed E-state index contributed by atoms with van der Waals surface area (Å²) in [4.78, 5) is 1.56. The summed E-state index contributed by atoms with van der Waals surface area (Å²) >= 11 is 2.01. The first-order valence-electron chi connectivity index (χ1n) is 2.98. The van der Waals surface area contributed by atoms with Crippen LogP contribution in [0.3, 0.4) is 0 Å². The third-order valence-electron chi connectivity index (χ3n) is 1.64. The molecule has 42 valence electrons. The van der Waals surface area contributed by atoms with E-state index in [2.05, 4.69) is 12.2 Å². The molecule has 1 heteroatoms. The summed E-state index contributed by atoms with van der Waals surface area (Å²) in [6.45, 7) is 0. The van der Waals surface area contributed by atoms with Crippen LogP contribution in [0.1, 0.15) is 12.8 Å². The van der Waals surface area contributed by atoms with Crippen molar-refractivity contribution < 1.29 is 0 Å². The molecule has 0 fully saturated rings. The van der Waals surface area contributed by atoms with Crippen molar-refractivity contribution in [1.29, 1.82) is 0 Å². The summed E-state index contributed by atoms with van der Waals surface area (Å²) in [6, 6.07) is 0. The Labute approximate surface area is 53.7 Å². The van der Waals surface area contributed by atoms with Gasteiger partial charge in [0.1, 0.15) is 0 Å². The fourth-order valence-electron chi connectivity index (χ4n) is 1.19. The fraction of sp³-hybridized carbons (Fsp3) is 0.429. The zero-order valence-corrected chi connectivity index (χ0v) is 5.50. The summed E-state index contributed by atoms with van der Waals surface area (Å²) in [7, 11) is 0. The largest absolute Gasteiger partial charge is 0.126 e. The van der Waals surface area contributed by atoms with E-state index in [1.54, 1.807) is 10.5 Å². The molecule has 0 saturated heterocycles. The molecule has 0 nitrogen and oxygen atoms in total. The highest BCUT2D eigenvalue weighted by atomic mass is 32.2. The smallest absolute Gasteiger partial charge is 0.00644 e. The van der Waals surface area contributed by atoms with Crippen LogP contribution in [0, 0.1) is 0 Å². The van der Waals surface area contributed by atoms with Gasteiger partial charge in [0.25, 0.3) is 0 Å². The number of thioether (sulfide) groups is 1. The van der Waals surface area contributed by atoms with Gasteiger partial charge in [-0.2, -0.15) is 0 Å². The number of hydrogen-bond donors (Lipinski definition) is 0. The second kappa shape index (κ2) is 1.66. The fourth-order valence-corrected chi connectivity index (χ4v) is 2.34. The second-order valence-corrected chi connectivity index (χ2v) is 3.31. The van der Waals surface area contributed by atoms with E-state index >= 15 is 0 Å². The van der Waals surface area contributed by atoms with E-state index in [4.69, 9.17) is 0 Å². The zero-order valence-electron chi connectivity index (χ0n) is 4.68. The Hall–Kier alpha value is -0.170. The van der Waals surface area contributed by atoms with E-state index in [9.17, 15) is 0 Å². The van der Waals surface area contributed by atoms with Gasteiger partial charge in [0.2, 0.25) is 0 Å². The second-order valence-electron chi connectivity index (χ2n) is 2.17. The Morgan fingerprint density at radius 2 is 2.50 bits per heavy atom. The monoisotopic (exact) mass is 124 g/mol. The highest BCUT2D eigenvalue weighted by molar-refractivity contribution is 8.03. The predicted octanol–water partition coefficient (Wildman–Crippen LogP) is 2.34. The van der Waals surface area contributed by atoms with Gasteiger partial charge in [-0.1, -0.05) is 17.7 Å². The Morgan fingerprint density at radius 1 is 1.50 bits per heavy atom. The van der Waals surface area contributed by atoms with Crippen LogP contribution < -0.4 is 0 Å². The van der Waals surface area contributed by atoms with E-state index in [0.717, 1.165) is 0 Å². The van der Waals surface area contributed by atoms with Crippen molar-refractivity contribution in [3.63, 3.8) is 0 Å². The maximum atomic E-state index is 2.26. The van der Waals surface area contributed by atoms with Crippen LogP contribution in [-0.2, 0) is 0 Å². The molecule has 0 aromatic carbocycles. The van der Waals surface area contributed by atoms with Gasteiger partial charge in [0, 0.05) is 10.7 Å². The third-order valence-corrected chi connectivity index (χ3v) is 2.79. The summed E-state index contributed by atoms with van der Waals surface area (Å²) in [5.41, 5.74) is 1.68. The van der Waals surface area contributed by atoms with E-state index in [1.807, 2.05) is 11.8 Å². The summed E-state index contributed by atoms with van der Waals surface area (Å²) in [5, 5.41) is 0. The van der Waals surface area contributed by atoms with Crippen LogP contribution in [0.2, 0.25) is 0 Å². The minimum atomic E-state index is 1.24. The molecule has 0 amide bonds. The van der Waals surface area contributed by atoms with Gasteiger partial charge in [0.15, 0.2) is 0 Å². The molecule has 1 aliphatic heterocycles. The van der Waals surface area contributed by atoms with Crippen LogP contribution in [0.4, 0.5) is 0 Å². The highest BCUT2D eigenvalue weighted by Gasteiger charge is 2.14. The molecule has 0 aromatic rings. The first kappa shape index (κ1) is 4.68. The lowest BCUT2D eigenvalue weighted by atomic mass is 10.2. The molecule has 2 aliphatic rings. The van der Waals surface area contributed by atoms with Gasteiger partial charge in [0.05, 0.1) is 0 Å². The molecule has 0 saturated carbocycles. The summed E-state index contributed by atoms with van der Waals surface area (Å²) in [6.07, 6.45) is 7.10. The van der Waals surface area contributed by atoms with Crippen molar-refractivity contribution in [2.75, 3.05) is 5.75 Å². The third kappa shape index (κ3) is 0.543. The first-order chi connectivity index (χ1) is 3.97. The lowest BCUT2D eigenvalue weighted by Gasteiger charge is -1.86. The molecule has 0 N–H and O–H groups in total. The number of rotatable bonds is 0. The van der Waals surface area contributed by atoms with E-state index in [-0.39, 0.29) is 0 Å². The molecular formula is C7H8S. The molecule has 0 atom stereocenters. The van der Waals surface area contributed by atoms with Crippen molar-refractivity contribution in [1.82, 2.24) is 0 Å². The SMILES string of the molecule is C1=CC2=C(C1)CCS2. The molecule has 0 bridgehead atoms. The summed E-state index contributed by atoms with van der Waals surface area (Å²) < 4.78 is 0. The van der Waals surface area contributed by atoms with Crippen LogP contribution in [-0.4, -0.2) is 5.75 Å². The average molecular weight is 124 g/mol. The standard InChI is InChI=1S/C7H8S/c1-2-6-4-5-8-7(6)3-1/h1,3H,2,4-5H2. The summed E-state index contributed by atoms with van der Waals surface area (Å²) in [5.74, 6) is 1.33. The minimum Gasteiger partial charge on any atom is -0.126 e. The molecule has 8 heavy (non-hydrogen) atoms. The number of allylic oxidation sites excluding steroid dienone is 3. The normalized spacial score (nSPS) is 25.0. The van der Waals surface area contributed by atoms with Crippen molar-refractivity contribution in [3.05, 3.63) is 22.6 Å². The Morgan fingerprint density at radius 3 is 3.38 bits per heavy atom. The van der Waals surface area contributed by atoms with Crippen LogP contribution in [0.25, 0.3) is 0 Å². The van der Waals surface area contributed by atoms with Gasteiger partial charge < -0.3 is 0 Å². The van der Waals surface area contributed by atoms with Crippen LogP contribution in [0.15, 0.2) is 22.6 Å². The predicted molar refractivity (Wildman–Crippen MR) is 37.9 cm³/mol. The Balaban J connectivity index is 2.33. The van der Waals surface area contributed by atoms with Gasteiger partial charge in [-0.25, -0.2) is 0 Å². The molecule has 0 spiro atoms. The Kier molecular flexibility index (Phi) is 0.971. The lowest BCUT2D eigenvalue weighted by Crippen LogP contribution is -1.72. The van der Waals surface area contributed by atoms with Crippen molar-refractivity contribution >= 4 is 11.8 Å². The van der Waals surface area contributed by atoms with Crippen LogP contribution in [0.5, 0.6) is 0 Å². The van der Waals surface area contributed by atoms with Gasteiger partial charge in [-0.3, -0.25) is 0 Å². The van der Waals surface area contributed by atoms with Crippen molar-refractivity contribution in [2.24, 2.45) is 0 Å². The van der Waals surface area contributed by atoms with Gasteiger partial charge >= 0.3 is 0 Å².